The van der Waals surface area contributed by atoms with Crippen LogP contribution in [0.3, 0.4) is 0 Å². The second-order valence-electron chi connectivity index (χ2n) is 6.58. The van der Waals surface area contributed by atoms with Crippen LogP contribution in [0.1, 0.15) is 42.2 Å². The molecule has 1 fully saturated rings. The number of benzene rings is 1. The number of nitrogens with one attached hydrogen (secondary N) is 1. The second-order valence-corrected chi connectivity index (χ2v) is 6.58. The molecule has 0 spiro atoms. The predicted molar refractivity (Wildman–Crippen MR) is 84.9 cm³/mol. The van der Waals surface area contributed by atoms with Crippen LogP contribution in [0.15, 0.2) is 18.2 Å². The molecule has 2 heterocycles. The molecule has 3 rings (SSSR count). The van der Waals surface area contributed by atoms with Crippen molar-refractivity contribution in [1.29, 1.82) is 0 Å². The van der Waals surface area contributed by atoms with Crippen molar-refractivity contribution in [1.82, 2.24) is 10.4 Å². The zero-order valence-corrected chi connectivity index (χ0v) is 13.9. The molecule has 1 saturated heterocycles. The number of hydroxylamine groups is 1. The predicted octanol–water partition coefficient (Wildman–Crippen LogP) is 1.51. The van der Waals surface area contributed by atoms with Gasteiger partial charge in [0.2, 0.25) is 5.91 Å². The first-order valence-corrected chi connectivity index (χ1v) is 8.06. The maximum Gasteiger partial charge on any atom is 0.274 e. The molecule has 2 aliphatic rings. The maximum absolute atomic E-state index is 13.0. The first-order chi connectivity index (χ1) is 11.5. The lowest BCUT2D eigenvalue weighted by Gasteiger charge is -2.33. The first kappa shape index (κ1) is 16.7. The van der Waals surface area contributed by atoms with Crippen LogP contribution in [0, 0.1) is 5.41 Å². The molecule has 1 aromatic carbocycles. The van der Waals surface area contributed by atoms with Gasteiger partial charge in [-0.2, -0.15) is 0 Å². The third kappa shape index (κ3) is 2.85. The van der Waals surface area contributed by atoms with Crippen LogP contribution in [-0.2, 0) is 9.53 Å². The SMILES string of the molecule is C[C@H]1c2ccc(C(=O)NO)cc2OCCN1C(=O)[C@@]1(C)CCOC1. The highest BCUT2D eigenvalue weighted by Crippen LogP contribution is 2.37. The highest BCUT2D eigenvalue weighted by Gasteiger charge is 2.42. The molecule has 2 amide bonds. The van der Waals surface area contributed by atoms with Crippen molar-refractivity contribution in [2.45, 2.75) is 26.3 Å². The van der Waals surface area contributed by atoms with Gasteiger partial charge in [0.1, 0.15) is 12.4 Å². The summed E-state index contributed by atoms with van der Waals surface area (Å²) in [6.07, 6.45) is 0.721. The molecule has 1 aromatic rings. The van der Waals surface area contributed by atoms with Crippen molar-refractivity contribution >= 4 is 11.8 Å². The van der Waals surface area contributed by atoms with E-state index in [1.807, 2.05) is 18.7 Å². The molecule has 0 radical (unpaired) electrons. The van der Waals surface area contributed by atoms with Crippen LogP contribution in [0.4, 0.5) is 0 Å². The summed E-state index contributed by atoms with van der Waals surface area (Å²) in [7, 11) is 0. The Bertz CT molecular complexity index is 654. The van der Waals surface area contributed by atoms with Crippen molar-refractivity contribution in [2.24, 2.45) is 5.41 Å². The summed E-state index contributed by atoms with van der Waals surface area (Å²) in [4.78, 5) is 26.4. The molecule has 0 bridgehead atoms. The van der Waals surface area contributed by atoms with Crippen LogP contribution >= 0.6 is 0 Å². The monoisotopic (exact) mass is 334 g/mol. The molecule has 0 saturated carbocycles. The van der Waals surface area contributed by atoms with E-state index in [9.17, 15) is 9.59 Å². The van der Waals surface area contributed by atoms with Crippen LogP contribution in [0.2, 0.25) is 0 Å². The third-order valence-corrected chi connectivity index (χ3v) is 4.88. The standard InChI is InChI=1S/C17H22N2O5/c1-11-13-4-3-12(15(20)18-22)9-14(13)24-8-6-19(11)16(21)17(2)5-7-23-10-17/h3-4,9,11,22H,5-8,10H2,1-2H3,(H,18,20)/t11-,17-/m0/s1. The molecule has 0 aromatic heterocycles. The van der Waals surface area contributed by atoms with Gasteiger partial charge >= 0.3 is 0 Å². The fourth-order valence-corrected chi connectivity index (χ4v) is 3.29. The van der Waals surface area contributed by atoms with Crippen LogP contribution in [-0.4, -0.2) is 48.3 Å². The Kier molecular flexibility index (Phi) is 4.47. The Labute approximate surface area is 140 Å². The van der Waals surface area contributed by atoms with Gasteiger partial charge in [-0.1, -0.05) is 6.07 Å². The lowest BCUT2D eigenvalue weighted by atomic mass is 9.87. The number of rotatable bonds is 2. The Morgan fingerprint density at radius 2 is 2.17 bits per heavy atom. The van der Waals surface area contributed by atoms with Gasteiger partial charge in [0.05, 0.1) is 24.6 Å². The van der Waals surface area contributed by atoms with E-state index in [0.29, 0.717) is 37.7 Å². The van der Waals surface area contributed by atoms with Gasteiger partial charge in [-0.3, -0.25) is 14.8 Å². The lowest BCUT2D eigenvalue weighted by Crippen LogP contribution is -2.45. The van der Waals surface area contributed by atoms with E-state index in [1.54, 1.807) is 23.7 Å². The molecule has 2 atom stereocenters. The molecule has 7 nitrogen and oxygen atoms in total. The summed E-state index contributed by atoms with van der Waals surface area (Å²) in [5.74, 6) is 0.0368. The lowest BCUT2D eigenvalue weighted by molar-refractivity contribution is -0.143. The molecular formula is C17H22N2O5. The summed E-state index contributed by atoms with van der Waals surface area (Å²) in [5, 5.41) is 8.76. The van der Waals surface area contributed by atoms with Crippen LogP contribution in [0.25, 0.3) is 0 Å². The number of fused-ring (bicyclic) bond motifs is 1. The summed E-state index contributed by atoms with van der Waals surface area (Å²) in [6, 6.07) is 4.80. The molecule has 2 aliphatic heterocycles. The Morgan fingerprint density at radius 1 is 1.38 bits per heavy atom. The summed E-state index contributed by atoms with van der Waals surface area (Å²) in [6.45, 7) is 5.78. The number of nitrogens with zero attached hydrogens (tertiary/aromatic N) is 1. The normalized spacial score (nSPS) is 26.3. The zero-order valence-electron chi connectivity index (χ0n) is 13.9. The van der Waals surface area contributed by atoms with Crippen molar-refractivity contribution in [3.63, 3.8) is 0 Å². The third-order valence-electron chi connectivity index (χ3n) is 4.88. The fraction of sp³-hybridized carbons (Fsp3) is 0.529. The quantitative estimate of drug-likeness (QED) is 0.632. The van der Waals surface area contributed by atoms with Crippen molar-refractivity contribution in [3.8, 4) is 5.75 Å². The Balaban J connectivity index is 1.89. The topological polar surface area (TPSA) is 88.1 Å². The minimum atomic E-state index is -0.596. The van der Waals surface area contributed by atoms with Crippen molar-refractivity contribution in [2.75, 3.05) is 26.4 Å². The smallest absolute Gasteiger partial charge is 0.274 e. The average molecular weight is 334 g/mol. The van der Waals surface area contributed by atoms with Crippen LogP contribution in [0.5, 0.6) is 5.75 Å². The van der Waals surface area contributed by atoms with E-state index in [2.05, 4.69) is 0 Å². The van der Waals surface area contributed by atoms with Gasteiger partial charge in [-0.05, 0) is 32.4 Å². The highest BCUT2D eigenvalue weighted by molar-refractivity contribution is 5.94. The maximum atomic E-state index is 13.0. The van der Waals surface area contributed by atoms with Gasteiger partial charge in [-0.15, -0.1) is 0 Å². The molecule has 0 unspecified atom stereocenters. The average Bonchev–Trinajstić information content (AvgIpc) is 2.97. The van der Waals surface area contributed by atoms with Gasteiger partial charge in [0, 0.05) is 17.7 Å². The number of hydrogen-bond acceptors (Lipinski definition) is 5. The van der Waals surface area contributed by atoms with Gasteiger partial charge in [-0.25, -0.2) is 5.48 Å². The van der Waals surface area contributed by atoms with Crippen molar-refractivity contribution in [3.05, 3.63) is 29.3 Å². The summed E-state index contributed by atoms with van der Waals surface area (Å²) in [5.41, 5.74) is 2.27. The van der Waals surface area contributed by atoms with E-state index >= 15 is 0 Å². The Hall–Kier alpha value is -2.12. The molecular weight excluding hydrogens is 312 g/mol. The Morgan fingerprint density at radius 3 is 2.83 bits per heavy atom. The fourth-order valence-electron chi connectivity index (χ4n) is 3.29. The minimum absolute atomic E-state index is 0.0705. The van der Waals surface area contributed by atoms with E-state index < -0.39 is 11.3 Å². The minimum Gasteiger partial charge on any atom is -0.491 e. The first-order valence-electron chi connectivity index (χ1n) is 8.06. The number of ether oxygens (including phenoxy) is 2. The number of carbonyl (C=O) groups excluding carboxylic acids is 2. The second kappa shape index (κ2) is 6.41. The van der Waals surface area contributed by atoms with Gasteiger partial charge < -0.3 is 14.4 Å². The molecule has 130 valence electrons. The molecule has 2 N–H and O–H groups in total. The largest absolute Gasteiger partial charge is 0.491 e. The summed E-state index contributed by atoms with van der Waals surface area (Å²) < 4.78 is 11.2. The molecule has 0 aliphatic carbocycles. The molecule has 7 heteroatoms. The van der Waals surface area contributed by atoms with Gasteiger partial charge in [0.25, 0.3) is 5.91 Å². The molecule has 24 heavy (non-hydrogen) atoms. The van der Waals surface area contributed by atoms with E-state index in [4.69, 9.17) is 14.7 Å². The van der Waals surface area contributed by atoms with Gasteiger partial charge in [0.15, 0.2) is 0 Å². The summed E-state index contributed by atoms with van der Waals surface area (Å²) >= 11 is 0. The van der Waals surface area contributed by atoms with E-state index in [-0.39, 0.29) is 11.9 Å². The number of hydrogen-bond donors (Lipinski definition) is 2. The zero-order chi connectivity index (χ0) is 17.3. The van der Waals surface area contributed by atoms with Crippen LogP contribution < -0.4 is 10.2 Å². The van der Waals surface area contributed by atoms with Crippen molar-refractivity contribution < 1.29 is 24.3 Å². The van der Waals surface area contributed by atoms with E-state index in [0.717, 1.165) is 12.0 Å². The number of carbonyl (C=O) groups is 2. The highest BCUT2D eigenvalue weighted by atomic mass is 16.5. The number of amides is 2. The van der Waals surface area contributed by atoms with E-state index in [1.165, 1.54) is 0 Å².